The number of carboxylic acid groups (broad SMARTS) is 1. The highest BCUT2D eigenvalue weighted by molar-refractivity contribution is 6.02. The van der Waals surface area contributed by atoms with Gasteiger partial charge in [0.25, 0.3) is 5.91 Å². The standard InChI is InChI=1S/C27H26N4O4/c1-14(20-13-31-21-12-16(25(28)29)7-8-19(20)21)23-22(35-3)10-9-18(24(23)27(33)34)15-5-4-6-17(11-15)26(32)30-2/h4-14,31H,1-3H3,(H3,28,29)(H,30,32)(H,33,34). The first kappa shape index (κ1) is 23.6. The fourth-order valence-corrected chi connectivity index (χ4v) is 4.48. The molecule has 8 heteroatoms. The zero-order chi connectivity index (χ0) is 25.3. The molecule has 1 aromatic heterocycles. The lowest BCUT2D eigenvalue weighted by molar-refractivity contribution is 0.0695. The Balaban J connectivity index is 1.92. The van der Waals surface area contributed by atoms with Crippen LogP contribution < -0.4 is 15.8 Å². The summed E-state index contributed by atoms with van der Waals surface area (Å²) in [5.41, 5.74) is 10.1. The van der Waals surface area contributed by atoms with E-state index in [4.69, 9.17) is 15.9 Å². The van der Waals surface area contributed by atoms with Crippen molar-refractivity contribution in [1.29, 1.82) is 5.41 Å². The molecule has 35 heavy (non-hydrogen) atoms. The van der Waals surface area contributed by atoms with Gasteiger partial charge in [0.05, 0.1) is 12.7 Å². The summed E-state index contributed by atoms with van der Waals surface area (Å²) < 4.78 is 5.61. The van der Waals surface area contributed by atoms with Gasteiger partial charge in [-0.25, -0.2) is 4.79 Å². The molecule has 0 spiro atoms. The van der Waals surface area contributed by atoms with Crippen molar-refractivity contribution in [3.8, 4) is 16.9 Å². The number of nitrogens with one attached hydrogen (secondary N) is 3. The van der Waals surface area contributed by atoms with Crippen LogP contribution in [0.4, 0.5) is 0 Å². The number of hydrogen-bond donors (Lipinski definition) is 5. The third-order valence-corrected chi connectivity index (χ3v) is 6.23. The Morgan fingerprint density at radius 2 is 1.89 bits per heavy atom. The molecule has 8 nitrogen and oxygen atoms in total. The van der Waals surface area contributed by atoms with Crippen molar-refractivity contribution >= 4 is 28.6 Å². The molecular weight excluding hydrogens is 444 g/mol. The van der Waals surface area contributed by atoms with Gasteiger partial charge in [-0.1, -0.05) is 31.2 Å². The molecule has 0 saturated carbocycles. The summed E-state index contributed by atoms with van der Waals surface area (Å²) in [4.78, 5) is 28.0. The number of carbonyl (C=O) groups is 2. The molecule has 6 N–H and O–H groups in total. The molecule has 0 fully saturated rings. The third kappa shape index (κ3) is 4.21. The largest absolute Gasteiger partial charge is 0.496 e. The number of carboxylic acids is 1. The van der Waals surface area contributed by atoms with Gasteiger partial charge in [-0.15, -0.1) is 0 Å². The lowest BCUT2D eigenvalue weighted by Crippen LogP contribution is -2.17. The van der Waals surface area contributed by atoms with Crippen LogP contribution in [0.15, 0.2) is 60.8 Å². The first-order valence-corrected chi connectivity index (χ1v) is 11.0. The molecule has 1 unspecified atom stereocenters. The average molecular weight is 471 g/mol. The molecule has 0 aliphatic carbocycles. The maximum absolute atomic E-state index is 12.6. The first-order chi connectivity index (χ1) is 16.8. The molecule has 4 aromatic rings. The van der Waals surface area contributed by atoms with Crippen LogP contribution in [0.1, 0.15) is 50.2 Å². The normalized spacial score (nSPS) is 11.7. The van der Waals surface area contributed by atoms with E-state index in [1.165, 1.54) is 7.11 Å². The molecule has 1 amide bonds. The summed E-state index contributed by atoms with van der Waals surface area (Å²) in [6.07, 6.45) is 1.84. The fraction of sp³-hybridized carbons (Fsp3) is 0.148. The summed E-state index contributed by atoms with van der Waals surface area (Å²) >= 11 is 0. The second-order valence-corrected chi connectivity index (χ2v) is 8.21. The zero-order valence-corrected chi connectivity index (χ0v) is 19.6. The van der Waals surface area contributed by atoms with E-state index >= 15 is 0 Å². The minimum absolute atomic E-state index is 0.0300. The maximum Gasteiger partial charge on any atom is 0.336 e. The zero-order valence-electron chi connectivity index (χ0n) is 19.6. The van der Waals surface area contributed by atoms with Gasteiger partial charge in [0.2, 0.25) is 0 Å². The number of aromatic amines is 1. The molecule has 0 aliphatic rings. The van der Waals surface area contributed by atoms with Crippen molar-refractivity contribution < 1.29 is 19.4 Å². The number of fused-ring (bicyclic) bond motifs is 1. The van der Waals surface area contributed by atoms with Crippen LogP contribution in [-0.4, -0.2) is 42.0 Å². The van der Waals surface area contributed by atoms with Gasteiger partial charge in [0.15, 0.2) is 0 Å². The van der Waals surface area contributed by atoms with Gasteiger partial charge in [0.1, 0.15) is 11.6 Å². The van der Waals surface area contributed by atoms with Gasteiger partial charge >= 0.3 is 5.97 Å². The minimum Gasteiger partial charge on any atom is -0.496 e. The van der Waals surface area contributed by atoms with Crippen LogP contribution >= 0.6 is 0 Å². The van der Waals surface area contributed by atoms with Gasteiger partial charge in [-0.2, -0.15) is 0 Å². The number of amidine groups is 1. The number of aromatic nitrogens is 1. The summed E-state index contributed by atoms with van der Waals surface area (Å²) in [5, 5.41) is 21.5. The van der Waals surface area contributed by atoms with Crippen molar-refractivity contribution in [2.24, 2.45) is 5.73 Å². The minimum atomic E-state index is -1.09. The Kier molecular flexibility index (Phi) is 6.29. The number of nitrogen functional groups attached to an aromatic ring is 1. The van der Waals surface area contributed by atoms with Crippen molar-refractivity contribution in [2.75, 3.05) is 14.2 Å². The molecule has 178 valence electrons. The smallest absolute Gasteiger partial charge is 0.336 e. The third-order valence-electron chi connectivity index (χ3n) is 6.23. The van der Waals surface area contributed by atoms with Crippen LogP contribution in [0, 0.1) is 5.41 Å². The number of rotatable bonds is 7. The van der Waals surface area contributed by atoms with Gasteiger partial charge in [0, 0.05) is 46.8 Å². The predicted molar refractivity (Wildman–Crippen MR) is 136 cm³/mol. The number of hydrogen-bond acceptors (Lipinski definition) is 4. The summed E-state index contributed by atoms with van der Waals surface area (Å²) in [6.45, 7) is 1.93. The SMILES string of the molecule is CNC(=O)c1cccc(-c2ccc(OC)c(C(C)c3c[nH]c4cc(C(=N)N)ccc34)c2C(=O)O)c1. The number of H-pyrrole nitrogens is 1. The van der Waals surface area contributed by atoms with Crippen LogP contribution in [-0.2, 0) is 0 Å². The van der Waals surface area contributed by atoms with E-state index in [9.17, 15) is 14.7 Å². The maximum atomic E-state index is 12.6. The lowest BCUT2D eigenvalue weighted by atomic mass is 9.84. The number of aromatic carboxylic acids is 1. The van der Waals surface area contributed by atoms with E-state index in [0.29, 0.717) is 33.6 Å². The topological polar surface area (TPSA) is 141 Å². The van der Waals surface area contributed by atoms with Gasteiger partial charge < -0.3 is 25.9 Å². The lowest BCUT2D eigenvalue weighted by Gasteiger charge is -2.21. The van der Waals surface area contributed by atoms with E-state index < -0.39 is 5.97 Å². The van der Waals surface area contributed by atoms with Crippen molar-refractivity contribution in [3.63, 3.8) is 0 Å². The van der Waals surface area contributed by atoms with E-state index in [0.717, 1.165) is 16.5 Å². The van der Waals surface area contributed by atoms with Crippen LogP contribution in [0.25, 0.3) is 22.0 Å². The number of nitrogens with two attached hydrogens (primary N) is 1. The second-order valence-electron chi connectivity index (χ2n) is 8.21. The molecule has 1 heterocycles. The molecule has 3 aromatic carbocycles. The van der Waals surface area contributed by atoms with Crippen molar-refractivity contribution in [1.82, 2.24) is 10.3 Å². The highest BCUT2D eigenvalue weighted by Crippen LogP contribution is 2.41. The summed E-state index contributed by atoms with van der Waals surface area (Å²) in [5.74, 6) is -1.28. The highest BCUT2D eigenvalue weighted by Gasteiger charge is 2.27. The van der Waals surface area contributed by atoms with E-state index in [-0.39, 0.29) is 23.2 Å². The van der Waals surface area contributed by atoms with Gasteiger partial charge in [-0.05, 0) is 47.0 Å². The Morgan fingerprint density at radius 3 is 2.54 bits per heavy atom. The summed E-state index contributed by atoms with van der Waals surface area (Å²) in [7, 11) is 3.06. The van der Waals surface area contributed by atoms with Crippen LogP contribution in [0.5, 0.6) is 5.75 Å². The molecule has 0 radical (unpaired) electrons. The Labute approximate surface area is 202 Å². The highest BCUT2D eigenvalue weighted by atomic mass is 16.5. The van der Waals surface area contributed by atoms with Crippen LogP contribution in [0.2, 0.25) is 0 Å². The molecule has 0 saturated heterocycles. The average Bonchev–Trinajstić information content (AvgIpc) is 3.30. The quantitative estimate of drug-likeness (QED) is 0.202. The van der Waals surface area contributed by atoms with E-state index in [2.05, 4.69) is 10.3 Å². The summed E-state index contributed by atoms with van der Waals surface area (Å²) in [6, 6.07) is 15.8. The van der Waals surface area contributed by atoms with Crippen LogP contribution in [0.3, 0.4) is 0 Å². The van der Waals surface area contributed by atoms with E-state index in [1.54, 1.807) is 55.6 Å². The number of ether oxygens (including phenoxy) is 1. The number of methoxy groups -OCH3 is 1. The molecule has 0 bridgehead atoms. The molecule has 0 aliphatic heterocycles. The van der Waals surface area contributed by atoms with Crippen molar-refractivity contribution in [2.45, 2.75) is 12.8 Å². The Hall–Kier alpha value is -4.59. The Morgan fingerprint density at radius 1 is 1.11 bits per heavy atom. The van der Waals surface area contributed by atoms with E-state index in [1.807, 2.05) is 19.2 Å². The Bertz CT molecular complexity index is 1470. The monoisotopic (exact) mass is 470 g/mol. The molecular formula is C27H26N4O4. The van der Waals surface area contributed by atoms with Gasteiger partial charge in [-0.3, -0.25) is 10.2 Å². The predicted octanol–water partition coefficient (Wildman–Crippen LogP) is 4.34. The number of carbonyl (C=O) groups excluding carboxylic acids is 1. The fourth-order valence-electron chi connectivity index (χ4n) is 4.48. The molecule has 1 atom stereocenters. The van der Waals surface area contributed by atoms with Crippen molar-refractivity contribution in [3.05, 3.63) is 88.6 Å². The number of amides is 1. The second kappa shape index (κ2) is 9.34. The number of benzene rings is 3. The molecule has 4 rings (SSSR count). The first-order valence-electron chi connectivity index (χ1n) is 11.0.